The quantitative estimate of drug-likeness (QED) is 0.543. The minimum Gasteiger partial charge on any atom is -0.354 e. The van der Waals surface area contributed by atoms with Crippen LogP contribution in [0.5, 0.6) is 0 Å². The van der Waals surface area contributed by atoms with Gasteiger partial charge in [-0.15, -0.1) is 11.8 Å². The van der Waals surface area contributed by atoms with Crippen molar-refractivity contribution in [2.24, 2.45) is 0 Å². The van der Waals surface area contributed by atoms with Gasteiger partial charge in [-0.3, -0.25) is 9.59 Å². The number of carbonyl (C=O) groups excluding carboxylic acids is 2. The van der Waals surface area contributed by atoms with Gasteiger partial charge < -0.3 is 10.6 Å². The zero-order chi connectivity index (χ0) is 13.2. The Hall–Kier alpha value is -1.33. The van der Waals surface area contributed by atoms with E-state index < -0.39 is 0 Å². The van der Waals surface area contributed by atoms with Crippen LogP contribution < -0.4 is 10.6 Å². The highest BCUT2D eigenvalue weighted by atomic mass is 32.2. The van der Waals surface area contributed by atoms with Gasteiger partial charge in [-0.2, -0.15) is 0 Å². The lowest BCUT2D eigenvalue weighted by Gasteiger charge is -2.04. The van der Waals surface area contributed by atoms with Crippen molar-refractivity contribution >= 4 is 23.5 Å². The van der Waals surface area contributed by atoms with E-state index in [-0.39, 0.29) is 11.7 Å². The Labute approximate surface area is 112 Å². The number of likely N-dealkylation sites (N-methyl/N-ethyl adjacent to an activating group) is 1. The van der Waals surface area contributed by atoms with Crippen LogP contribution in [0.4, 0.5) is 0 Å². The van der Waals surface area contributed by atoms with Gasteiger partial charge in [0, 0.05) is 18.7 Å². The fourth-order valence-corrected chi connectivity index (χ4v) is 2.06. The van der Waals surface area contributed by atoms with Gasteiger partial charge in [0.15, 0.2) is 5.78 Å². The third-order valence-electron chi connectivity index (χ3n) is 2.26. The summed E-state index contributed by atoms with van der Waals surface area (Å²) in [4.78, 5) is 23.1. The summed E-state index contributed by atoms with van der Waals surface area (Å²) in [5, 5.41) is 5.71. The van der Waals surface area contributed by atoms with Crippen LogP contribution in [0.3, 0.4) is 0 Å². The van der Waals surface area contributed by atoms with Gasteiger partial charge in [-0.25, -0.2) is 0 Å². The summed E-state index contributed by atoms with van der Waals surface area (Å²) in [5.41, 5.74) is 0.695. The zero-order valence-corrected chi connectivity index (χ0v) is 11.3. The molecule has 0 bridgehead atoms. The highest BCUT2D eigenvalue weighted by Gasteiger charge is 2.07. The lowest BCUT2D eigenvalue weighted by Crippen LogP contribution is -2.31. The second kappa shape index (κ2) is 8.72. The molecule has 1 amide bonds. The van der Waals surface area contributed by atoms with Crippen LogP contribution in [-0.4, -0.2) is 43.3 Å². The fraction of sp³-hybridized carbons (Fsp3) is 0.385. The summed E-state index contributed by atoms with van der Waals surface area (Å²) in [7, 11) is 1.83. The van der Waals surface area contributed by atoms with E-state index in [1.807, 2.05) is 25.2 Å². The Morgan fingerprint density at radius 2 is 1.83 bits per heavy atom. The second-order valence-electron chi connectivity index (χ2n) is 3.74. The molecule has 0 saturated heterocycles. The second-order valence-corrected chi connectivity index (χ2v) is 4.72. The molecular weight excluding hydrogens is 248 g/mol. The molecule has 4 nitrogen and oxygen atoms in total. The van der Waals surface area contributed by atoms with Crippen molar-refractivity contribution in [3.63, 3.8) is 0 Å². The van der Waals surface area contributed by atoms with Crippen molar-refractivity contribution in [1.82, 2.24) is 10.6 Å². The molecular formula is C13H18N2O2S. The maximum atomic E-state index is 11.7. The van der Waals surface area contributed by atoms with Crippen molar-refractivity contribution in [3.8, 4) is 0 Å². The molecule has 0 unspecified atom stereocenters. The average molecular weight is 266 g/mol. The van der Waals surface area contributed by atoms with E-state index in [1.165, 1.54) is 11.8 Å². The standard InChI is InChI=1S/C13H18N2O2S/c1-14-7-8-15-13(17)10-18-9-12(16)11-5-3-2-4-6-11/h2-6,14H,7-10H2,1H3,(H,15,17). The first-order valence-corrected chi connectivity index (χ1v) is 6.97. The predicted molar refractivity (Wildman–Crippen MR) is 75.0 cm³/mol. The Bertz CT molecular complexity index is 382. The zero-order valence-electron chi connectivity index (χ0n) is 10.4. The normalized spacial score (nSPS) is 10.1. The third kappa shape index (κ3) is 5.84. The Balaban J connectivity index is 2.18. The monoisotopic (exact) mass is 266 g/mol. The first-order chi connectivity index (χ1) is 8.74. The number of hydrogen-bond acceptors (Lipinski definition) is 4. The highest BCUT2D eigenvalue weighted by Crippen LogP contribution is 2.06. The fourth-order valence-electron chi connectivity index (χ4n) is 1.32. The molecule has 0 fully saturated rings. The summed E-state index contributed by atoms with van der Waals surface area (Å²) < 4.78 is 0. The Kier molecular flexibility index (Phi) is 7.13. The first-order valence-electron chi connectivity index (χ1n) is 5.81. The lowest BCUT2D eigenvalue weighted by atomic mass is 10.2. The molecule has 0 aliphatic heterocycles. The van der Waals surface area contributed by atoms with Crippen molar-refractivity contribution in [1.29, 1.82) is 0 Å². The van der Waals surface area contributed by atoms with Crippen LogP contribution in [-0.2, 0) is 4.79 Å². The van der Waals surface area contributed by atoms with Gasteiger partial charge >= 0.3 is 0 Å². The van der Waals surface area contributed by atoms with Gasteiger partial charge in [-0.05, 0) is 7.05 Å². The number of carbonyl (C=O) groups is 2. The summed E-state index contributed by atoms with van der Waals surface area (Å²) in [6.45, 7) is 1.36. The van der Waals surface area contributed by atoms with Gasteiger partial charge in [-0.1, -0.05) is 30.3 Å². The van der Waals surface area contributed by atoms with Gasteiger partial charge in [0.05, 0.1) is 11.5 Å². The number of Topliss-reactive ketones (excluding diaryl/α,β-unsaturated/α-hetero) is 1. The highest BCUT2D eigenvalue weighted by molar-refractivity contribution is 8.00. The van der Waals surface area contributed by atoms with Gasteiger partial charge in [0.1, 0.15) is 0 Å². The van der Waals surface area contributed by atoms with E-state index in [0.717, 1.165) is 6.54 Å². The maximum absolute atomic E-state index is 11.7. The van der Waals surface area contributed by atoms with Crippen LogP contribution in [0, 0.1) is 0 Å². The van der Waals surface area contributed by atoms with E-state index in [0.29, 0.717) is 23.6 Å². The maximum Gasteiger partial charge on any atom is 0.230 e. The molecule has 0 heterocycles. The minimum atomic E-state index is -0.0314. The molecule has 98 valence electrons. The Morgan fingerprint density at radius 1 is 1.11 bits per heavy atom. The number of benzene rings is 1. The van der Waals surface area contributed by atoms with Crippen LogP contribution >= 0.6 is 11.8 Å². The molecule has 1 aromatic carbocycles. The van der Waals surface area contributed by atoms with E-state index in [4.69, 9.17) is 0 Å². The number of nitrogens with one attached hydrogen (secondary N) is 2. The smallest absolute Gasteiger partial charge is 0.230 e. The molecule has 2 N–H and O–H groups in total. The summed E-state index contributed by atoms with van der Waals surface area (Å²) in [6, 6.07) is 9.12. The molecule has 0 aliphatic rings. The topological polar surface area (TPSA) is 58.2 Å². The number of rotatable bonds is 8. The average Bonchev–Trinajstić information content (AvgIpc) is 2.40. The summed E-state index contributed by atoms with van der Waals surface area (Å²) in [5.74, 6) is 0.686. The molecule has 0 aliphatic carbocycles. The van der Waals surface area contributed by atoms with Crippen molar-refractivity contribution in [3.05, 3.63) is 35.9 Å². The van der Waals surface area contributed by atoms with Crippen LogP contribution in [0.15, 0.2) is 30.3 Å². The van der Waals surface area contributed by atoms with E-state index in [9.17, 15) is 9.59 Å². The first kappa shape index (κ1) is 14.7. The summed E-state index contributed by atoms with van der Waals surface area (Å²) >= 11 is 1.34. The van der Waals surface area contributed by atoms with E-state index >= 15 is 0 Å². The van der Waals surface area contributed by atoms with Crippen LogP contribution in [0.25, 0.3) is 0 Å². The Morgan fingerprint density at radius 3 is 2.50 bits per heavy atom. The van der Waals surface area contributed by atoms with Gasteiger partial charge in [0.25, 0.3) is 0 Å². The van der Waals surface area contributed by atoms with E-state index in [2.05, 4.69) is 10.6 Å². The van der Waals surface area contributed by atoms with Crippen molar-refractivity contribution < 1.29 is 9.59 Å². The van der Waals surface area contributed by atoms with Crippen LogP contribution in [0.2, 0.25) is 0 Å². The van der Waals surface area contributed by atoms with Crippen molar-refractivity contribution in [2.75, 3.05) is 31.6 Å². The number of ketones is 1. The number of hydrogen-bond donors (Lipinski definition) is 2. The lowest BCUT2D eigenvalue weighted by molar-refractivity contribution is -0.118. The molecule has 18 heavy (non-hydrogen) atoms. The molecule has 0 atom stereocenters. The SMILES string of the molecule is CNCCNC(=O)CSCC(=O)c1ccccc1. The minimum absolute atomic E-state index is 0.0314. The molecule has 1 aromatic rings. The molecule has 0 saturated carbocycles. The summed E-state index contributed by atoms with van der Waals surface area (Å²) in [6.07, 6.45) is 0. The third-order valence-corrected chi connectivity index (χ3v) is 3.19. The molecule has 5 heteroatoms. The number of thioether (sulfide) groups is 1. The van der Waals surface area contributed by atoms with Crippen molar-refractivity contribution in [2.45, 2.75) is 0 Å². The molecule has 0 radical (unpaired) electrons. The van der Waals surface area contributed by atoms with Gasteiger partial charge in [0.2, 0.25) is 5.91 Å². The predicted octanol–water partition coefficient (Wildman–Crippen LogP) is 0.938. The molecule has 0 spiro atoms. The van der Waals surface area contributed by atoms with E-state index in [1.54, 1.807) is 12.1 Å². The molecule has 1 rings (SSSR count). The number of amides is 1. The largest absolute Gasteiger partial charge is 0.354 e. The molecule has 0 aromatic heterocycles. The van der Waals surface area contributed by atoms with Crippen LogP contribution in [0.1, 0.15) is 10.4 Å².